The van der Waals surface area contributed by atoms with Gasteiger partial charge < -0.3 is 5.73 Å². The monoisotopic (exact) mass is 283 g/mol. The van der Waals surface area contributed by atoms with E-state index in [9.17, 15) is 4.39 Å². The zero-order valence-electron chi connectivity index (χ0n) is 10.1. The van der Waals surface area contributed by atoms with Crippen LogP contribution in [0.2, 0.25) is 5.02 Å². The van der Waals surface area contributed by atoms with E-state index in [-0.39, 0.29) is 11.9 Å². The van der Waals surface area contributed by atoms with Crippen LogP contribution in [0.1, 0.15) is 28.3 Å². The maximum absolute atomic E-state index is 13.7. The van der Waals surface area contributed by atoms with Gasteiger partial charge in [0.15, 0.2) is 0 Å². The molecule has 0 aliphatic rings. The highest BCUT2D eigenvalue weighted by Crippen LogP contribution is 2.26. The first-order chi connectivity index (χ1) is 8.60. The van der Waals surface area contributed by atoms with Crippen molar-refractivity contribution in [1.82, 2.24) is 0 Å². The van der Waals surface area contributed by atoms with E-state index in [1.54, 1.807) is 17.4 Å². The average Bonchev–Trinajstić information content (AvgIpc) is 2.80. The molecule has 4 heteroatoms. The van der Waals surface area contributed by atoms with Gasteiger partial charge in [-0.3, -0.25) is 0 Å². The molecule has 2 aromatic rings. The number of thiophene rings is 1. The minimum atomic E-state index is -0.355. The summed E-state index contributed by atoms with van der Waals surface area (Å²) in [7, 11) is 0. The number of aryl methyl sites for hydroxylation is 1. The van der Waals surface area contributed by atoms with E-state index in [4.69, 9.17) is 17.3 Å². The summed E-state index contributed by atoms with van der Waals surface area (Å²) in [4.78, 5) is 2.50. The van der Waals surface area contributed by atoms with Gasteiger partial charge in [-0.15, -0.1) is 11.3 Å². The molecule has 0 aliphatic carbocycles. The Kier molecular flexibility index (Phi) is 4.38. The molecule has 2 N–H and O–H groups in total. The first kappa shape index (κ1) is 13.5. The van der Waals surface area contributed by atoms with E-state index in [1.165, 1.54) is 21.9 Å². The summed E-state index contributed by atoms with van der Waals surface area (Å²) in [6.07, 6.45) is 1.66. The van der Waals surface area contributed by atoms with E-state index < -0.39 is 0 Å². The molecular formula is C14H15ClFNS. The molecule has 0 radical (unpaired) electrons. The molecule has 1 aromatic heterocycles. The third-order valence-corrected chi connectivity index (χ3v) is 4.33. The number of benzene rings is 1. The second-order valence-electron chi connectivity index (χ2n) is 4.20. The first-order valence-electron chi connectivity index (χ1n) is 5.88. The van der Waals surface area contributed by atoms with Crippen molar-refractivity contribution < 1.29 is 4.39 Å². The Balaban J connectivity index is 2.16. The molecule has 18 heavy (non-hydrogen) atoms. The van der Waals surface area contributed by atoms with Crippen molar-refractivity contribution in [2.24, 2.45) is 5.73 Å². The third-order valence-electron chi connectivity index (χ3n) is 2.84. The molecule has 1 atom stereocenters. The minimum absolute atomic E-state index is 0.292. The van der Waals surface area contributed by atoms with Crippen LogP contribution in [0.4, 0.5) is 4.39 Å². The summed E-state index contributed by atoms with van der Waals surface area (Å²) in [5.41, 5.74) is 6.54. The van der Waals surface area contributed by atoms with Gasteiger partial charge >= 0.3 is 0 Å². The predicted octanol–water partition coefficient (Wildman–Crippen LogP) is 4.35. The van der Waals surface area contributed by atoms with Gasteiger partial charge in [0.25, 0.3) is 0 Å². The van der Waals surface area contributed by atoms with Gasteiger partial charge in [0.05, 0.1) is 0 Å². The lowest BCUT2D eigenvalue weighted by Gasteiger charge is -2.12. The van der Waals surface area contributed by atoms with Gasteiger partial charge in [-0.05, 0) is 36.8 Å². The van der Waals surface area contributed by atoms with Gasteiger partial charge in [-0.25, -0.2) is 4.39 Å². The van der Waals surface area contributed by atoms with Gasteiger partial charge in [0, 0.05) is 32.8 Å². The fourth-order valence-corrected chi connectivity index (χ4v) is 3.04. The SMILES string of the molecule is CCc1ccc(CC(N)c2cc(Cl)ccc2F)s1. The predicted molar refractivity (Wildman–Crippen MR) is 75.7 cm³/mol. The number of hydrogen-bond acceptors (Lipinski definition) is 2. The first-order valence-corrected chi connectivity index (χ1v) is 7.07. The Bertz CT molecular complexity index is 538. The second kappa shape index (κ2) is 5.83. The highest BCUT2D eigenvalue weighted by molar-refractivity contribution is 7.11. The Morgan fingerprint density at radius 1 is 1.28 bits per heavy atom. The summed E-state index contributed by atoms with van der Waals surface area (Å²) >= 11 is 7.60. The van der Waals surface area contributed by atoms with Gasteiger partial charge in [0.1, 0.15) is 5.82 Å². The number of rotatable bonds is 4. The van der Waals surface area contributed by atoms with Crippen LogP contribution >= 0.6 is 22.9 Å². The molecule has 2 rings (SSSR count). The molecule has 1 heterocycles. The Morgan fingerprint density at radius 3 is 2.67 bits per heavy atom. The fraction of sp³-hybridized carbons (Fsp3) is 0.286. The molecule has 0 fully saturated rings. The zero-order chi connectivity index (χ0) is 13.1. The summed E-state index contributed by atoms with van der Waals surface area (Å²) in [5, 5.41) is 0.516. The van der Waals surface area contributed by atoms with E-state index in [2.05, 4.69) is 19.1 Å². The van der Waals surface area contributed by atoms with E-state index in [1.807, 2.05) is 0 Å². The molecule has 0 spiro atoms. The Hall–Kier alpha value is -0.900. The van der Waals surface area contributed by atoms with Crippen LogP contribution in [0.5, 0.6) is 0 Å². The normalized spacial score (nSPS) is 12.7. The van der Waals surface area contributed by atoms with E-state index >= 15 is 0 Å². The highest BCUT2D eigenvalue weighted by atomic mass is 35.5. The van der Waals surface area contributed by atoms with Gasteiger partial charge in [0.2, 0.25) is 0 Å². The van der Waals surface area contributed by atoms with Crippen molar-refractivity contribution in [1.29, 1.82) is 0 Å². The van der Waals surface area contributed by atoms with Crippen LogP contribution in [-0.2, 0) is 12.8 Å². The number of hydrogen-bond donors (Lipinski definition) is 1. The largest absolute Gasteiger partial charge is 0.324 e. The lowest BCUT2D eigenvalue weighted by molar-refractivity contribution is 0.581. The summed E-state index contributed by atoms with van der Waals surface area (Å²) in [6, 6.07) is 8.31. The fourth-order valence-electron chi connectivity index (χ4n) is 1.85. The van der Waals surface area contributed by atoms with Crippen LogP contribution < -0.4 is 5.73 Å². The van der Waals surface area contributed by atoms with Crippen LogP contribution in [-0.4, -0.2) is 0 Å². The third kappa shape index (κ3) is 3.10. The number of nitrogens with two attached hydrogens (primary N) is 1. The highest BCUT2D eigenvalue weighted by Gasteiger charge is 2.13. The topological polar surface area (TPSA) is 26.0 Å². The van der Waals surface area contributed by atoms with Crippen molar-refractivity contribution in [3.63, 3.8) is 0 Å². The summed E-state index contributed by atoms with van der Waals surface area (Å²) < 4.78 is 13.7. The molecule has 1 nitrogen and oxygen atoms in total. The standard InChI is InChI=1S/C14H15ClFNS/c1-2-10-4-5-11(18-10)8-14(17)12-7-9(15)3-6-13(12)16/h3-7,14H,2,8,17H2,1H3. The lowest BCUT2D eigenvalue weighted by atomic mass is 10.0. The minimum Gasteiger partial charge on any atom is -0.324 e. The molecule has 0 saturated carbocycles. The molecule has 1 aromatic carbocycles. The molecule has 96 valence electrons. The molecule has 1 unspecified atom stereocenters. The molecule has 0 saturated heterocycles. The van der Waals surface area contributed by atoms with Gasteiger partial charge in [-0.2, -0.15) is 0 Å². The van der Waals surface area contributed by atoms with Crippen molar-refractivity contribution in [2.45, 2.75) is 25.8 Å². The van der Waals surface area contributed by atoms with E-state index in [0.29, 0.717) is 17.0 Å². The average molecular weight is 284 g/mol. The maximum atomic E-state index is 13.7. The van der Waals surface area contributed by atoms with Crippen LogP contribution in [0.25, 0.3) is 0 Å². The molecule has 0 aliphatic heterocycles. The maximum Gasteiger partial charge on any atom is 0.128 e. The van der Waals surface area contributed by atoms with Crippen molar-refractivity contribution in [3.05, 3.63) is 56.5 Å². The second-order valence-corrected chi connectivity index (χ2v) is 5.89. The van der Waals surface area contributed by atoms with Crippen molar-refractivity contribution >= 4 is 22.9 Å². The van der Waals surface area contributed by atoms with Crippen LogP contribution in [0.3, 0.4) is 0 Å². The molecule has 0 amide bonds. The van der Waals surface area contributed by atoms with Gasteiger partial charge in [-0.1, -0.05) is 18.5 Å². The zero-order valence-corrected chi connectivity index (χ0v) is 11.7. The lowest BCUT2D eigenvalue weighted by Crippen LogP contribution is -2.14. The summed E-state index contributed by atoms with van der Waals surface area (Å²) in [6.45, 7) is 2.12. The van der Waals surface area contributed by atoms with Crippen LogP contribution in [0.15, 0.2) is 30.3 Å². The van der Waals surface area contributed by atoms with Crippen LogP contribution in [0, 0.1) is 5.82 Å². The van der Waals surface area contributed by atoms with Crippen molar-refractivity contribution in [3.8, 4) is 0 Å². The smallest absolute Gasteiger partial charge is 0.128 e. The number of halogens is 2. The molecule has 0 bridgehead atoms. The Labute approximate surface area is 115 Å². The van der Waals surface area contributed by atoms with Crippen molar-refractivity contribution in [2.75, 3.05) is 0 Å². The quantitative estimate of drug-likeness (QED) is 0.887. The Morgan fingerprint density at radius 2 is 2.00 bits per heavy atom. The van der Waals surface area contributed by atoms with E-state index in [0.717, 1.165) is 6.42 Å². The summed E-state index contributed by atoms with van der Waals surface area (Å²) in [5.74, 6) is -0.292. The molecular weight excluding hydrogens is 269 g/mol.